The minimum Gasteiger partial charge on any atom is -0.339 e. The van der Waals surface area contributed by atoms with E-state index in [0.717, 1.165) is 5.16 Å². The number of thioether (sulfide) groups is 1. The predicted molar refractivity (Wildman–Crippen MR) is 120 cm³/mol. The van der Waals surface area contributed by atoms with Crippen molar-refractivity contribution < 1.29 is 13.2 Å². The van der Waals surface area contributed by atoms with Crippen LogP contribution in [0.15, 0.2) is 83.1 Å². The number of carbonyl (C=O) groups excluding carboxylic acids is 1. The zero-order chi connectivity index (χ0) is 21.7. The van der Waals surface area contributed by atoms with Crippen LogP contribution in [0.2, 0.25) is 0 Å². The standard InChI is InChI=1S/C22H24N4O3S2/c27-21(18-30-22-23-11-12-25(22)17-19-7-3-1-4-8-19)24-13-15-26(16-14-24)31(28,29)20-9-5-2-6-10-20/h1-12H,13-18H2. The monoisotopic (exact) mass is 456 g/mol. The summed E-state index contributed by atoms with van der Waals surface area (Å²) in [6.07, 6.45) is 3.65. The van der Waals surface area contributed by atoms with Gasteiger partial charge in [-0.2, -0.15) is 4.31 Å². The molecule has 0 aliphatic carbocycles. The van der Waals surface area contributed by atoms with Crippen molar-refractivity contribution in [1.82, 2.24) is 18.8 Å². The number of aromatic nitrogens is 2. The van der Waals surface area contributed by atoms with E-state index in [4.69, 9.17) is 0 Å². The number of hydrogen-bond acceptors (Lipinski definition) is 5. The van der Waals surface area contributed by atoms with Crippen molar-refractivity contribution in [3.8, 4) is 0 Å². The van der Waals surface area contributed by atoms with E-state index in [9.17, 15) is 13.2 Å². The van der Waals surface area contributed by atoms with E-state index >= 15 is 0 Å². The quantitative estimate of drug-likeness (QED) is 0.511. The molecular formula is C22H24N4O3S2. The van der Waals surface area contributed by atoms with Crippen molar-refractivity contribution >= 4 is 27.7 Å². The molecule has 1 aromatic heterocycles. The Morgan fingerprint density at radius 3 is 2.26 bits per heavy atom. The van der Waals surface area contributed by atoms with E-state index in [2.05, 4.69) is 17.1 Å². The van der Waals surface area contributed by atoms with Crippen molar-refractivity contribution in [2.75, 3.05) is 31.9 Å². The van der Waals surface area contributed by atoms with E-state index in [1.54, 1.807) is 41.4 Å². The second kappa shape index (κ2) is 9.67. The second-order valence-corrected chi connectivity index (χ2v) is 10.1. The zero-order valence-corrected chi connectivity index (χ0v) is 18.6. The molecule has 1 saturated heterocycles. The Morgan fingerprint density at radius 2 is 1.58 bits per heavy atom. The van der Waals surface area contributed by atoms with E-state index in [-0.39, 0.29) is 16.6 Å². The first-order chi connectivity index (χ1) is 15.0. The summed E-state index contributed by atoms with van der Waals surface area (Å²) >= 11 is 1.41. The van der Waals surface area contributed by atoms with Gasteiger partial charge in [0, 0.05) is 45.1 Å². The molecule has 0 radical (unpaired) electrons. The number of amides is 1. The second-order valence-electron chi connectivity index (χ2n) is 7.21. The lowest BCUT2D eigenvalue weighted by molar-refractivity contribution is -0.129. The first-order valence-electron chi connectivity index (χ1n) is 10.0. The molecule has 0 unspecified atom stereocenters. The van der Waals surface area contributed by atoms with E-state index < -0.39 is 10.0 Å². The number of rotatable bonds is 7. The van der Waals surface area contributed by atoms with Crippen LogP contribution in [0.1, 0.15) is 5.56 Å². The van der Waals surface area contributed by atoms with Crippen molar-refractivity contribution in [3.05, 3.63) is 78.6 Å². The van der Waals surface area contributed by atoms with Crippen molar-refractivity contribution in [2.45, 2.75) is 16.6 Å². The Morgan fingerprint density at radius 1 is 0.935 bits per heavy atom. The lowest BCUT2D eigenvalue weighted by atomic mass is 10.2. The number of sulfonamides is 1. The molecule has 0 N–H and O–H groups in total. The number of hydrogen-bond donors (Lipinski definition) is 0. The van der Waals surface area contributed by atoms with Crippen LogP contribution < -0.4 is 0 Å². The summed E-state index contributed by atoms with van der Waals surface area (Å²) in [5.74, 6) is 0.271. The summed E-state index contributed by atoms with van der Waals surface area (Å²) in [7, 11) is -3.52. The van der Waals surface area contributed by atoms with Gasteiger partial charge in [0.25, 0.3) is 0 Å². The smallest absolute Gasteiger partial charge is 0.243 e. The first kappa shape index (κ1) is 21.6. The molecule has 0 atom stereocenters. The molecular weight excluding hydrogens is 432 g/mol. The van der Waals surface area contributed by atoms with E-state index in [1.807, 2.05) is 29.0 Å². The highest BCUT2D eigenvalue weighted by molar-refractivity contribution is 7.99. The van der Waals surface area contributed by atoms with Gasteiger partial charge in [0.2, 0.25) is 15.9 Å². The van der Waals surface area contributed by atoms with Gasteiger partial charge >= 0.3 is 0 Å². The molecule has 2 heterocycles. The van der Waals surface area contributed by atoms with Crippen molar-refractivity contribution in [2.24, 2.45) is 0 Å². The first-order valence-corrected chi connectivity index (χ1v) is 12.5. The van der Waals surface area contributed by atoms with Gasteiger partial charge in [0.1, 0.15) is 0 Å². The highest BCUT2D eigenvalue weighted by atomic mass is 32.2. The van der Waals surface area contributed by atoms with Crippen molar-refractivity contribution in [1.29, 1.82) is 0 Å². The van der Waals surface area contributed by atoms with Crippen LogP contribution in [0, 0.1) is 0 Å². The van der Waals surface area contributed by atoms with Crippen LogP contribution in [-0.2, 0) is 21.4 Å². The molecule has 9 heteroatoms. The maximum atomic E-state index is 12.7. The van der Waals surface area contributed by atoms with Gasteiger partial charge in [-0.3, -0.25) is 4.79 Å². The summed E-state index contributed by atoms with van der Waals surface area (Å²) in [5.41, 5.74) is 1.17. The Kier molecular flexibility index (Phi) is 6.74. The van der Waals surface area contributed by atoms with Gasteiger partial charge < -0.3 is 9.47 Å². The van der Waals surface area contributed by atoms with Crippen LogP contribution in [-0.4, -0.2) is 65.0 Å². The van der Waals surface area contributed by atoms with Gasteiger partial charge in [0.05, 0.1) is 10.6 Å². The molecule has 1 aliphatic rings. The van der Waals surface area contributed by atoms with Crippen LogP contribution in [0.3, 0.4) is 0 Å². The minimum atomic E-state index is -3.52. The van der Waals surface area contributed by atoms with Gasteiger partial charge in [-0.15, -0.1) is 0 Å². The molecule has 1 aliphatic heterocycles. The number of imidazole rings is 1. The van der Waals surface area contributed by atoms with Crippen LogP contribution in [0.5, 0.6) is 0 Å². The van der Waals surface area contributed by atoms with Gasteiger partial charge in [-0.25, -0.2) is 13.4 Å². The molecule has 4 rings (SSSR count). The highest BCUT2D eigenvalue weighted by Crippen LogP contribution is 2.20. The van der Waals surface area contributed by atoms with Crippen LogP contribution in [0.4, 0.5) is 0 Å². The van der Waals surface area contributed by atoms with E-state index in [1.165, 1.54) is 21.6 Å². The average molecular weight is 457 g/mol. The Bertz CT molecular complexity index is 1110. The van der Waals surface area contributed by atoms with Gasteiger partial charge in [-0.05, 0) is 17.7 Å². The predicted octanol–water partition coefficient (Wildman–Crippen LogP) is 2.56. The Balaban J connectivity index is 1.30. The molecule has 31 heavy (non-hydrogen) atoms. The topological polar surface area (TPSA) is 75.5 Å². The fraction of sp³-hybridized carbons (Fsp3) is 0.273. The number of benzene rings is 2. The largest absolute Gasteiger partial charge is 0.339 e. The molecule has 1 amide bonds. The Labute approximate surface area is 186 Å². The maximum Gasteiger partial charge on any atom is 0.243 e. The molecule has 0 spiro atoms. The van der Waals surface area contributed by atoms with Crippen molar-refractivity contribution in [3.63, 3.8) is 0 Å². The third kappa shape index (κ3) is 5.17. The van der Waals surface area contributed by atoms with E-state index in [0.29, 0.717) is 32.7 Å². The fourth-order valence-corrected chi connectivity index (χ4v) is 5.78. The summed E-state index contributed by atoms with van der Waals surface area (Å²) < 4.78 is 29.0. The third-order valence-corrected chi connectivity index (χ3v) is 8.07. The van der Waals surface area contributed by atoms with Gasteiger partial charge in [-0.1, -0.05) is 60.3 Å². The molecule has 1 fully saturated rings. The third-order valence-electron chi connectivity index (χ3n) is 5.17. The number of piperazine rings is 1. The summed E-state index contributed by atoms with van der Waals surface area (Å²) in [6.45, 7) is 2.09. The minimum absolute atomic E-state index is 0.00369. The number of carbonyl (C=O) groups is 1. The fourth-order valence-electron chi connectivity index (χ4n) is 3.47. The summed E-state index contributed by atoms with van der Waals surface area (Å²) in [4.78, 5) is 19.1. The molecule has 2 aromatic carbocycles. The molecule has 0 bridgehead atoms. The Hall–Kier alpha value is -2.62. The lowest BCUT2D eigenvalue weighted by Crippen LogP contribution is -2.50. The van der Waals surface area contributed by atoms with Crippen LogP contribution in [0.25, 0.3) is 0 Å². The summed E-state index contributed by atoms with van der Waals surface area (Å²) in [5, 5.41) is 0.794. The molecule has 0 saturated carbocycles. The maximum absolute atomic E-state index is 12.7. The van der Waals surface area contributed by atoms with Gasteiger partial charge in [0.15, 0.2) is 5.16 Å². The SMILES string of the molecule is O=C(CSc1nccn1Cc1ccccc1)N1CCN(S(=O)(=O)c2ccccc2)CC1. The highest BCUT2D eigenvalue weighted by Gasteiger charge is 2.30. The molecule has 162 valence electrons. The summed E-state index contributed by atoms with van der Waals surface area (Å²) in [6, 6.07) is 18.5. The average Bonchev–Trinajstić information content (AvgIpc) is 3.25. The molecule has 7 nitrogen and oxygen atoms in total. The lowest BCUT2D eigenvalue weighted by Gasteiger charge is -2.34. The van der Waals surface area contributed by atoms with Crippen LogP contribution >= 0.6 is 11.8 Å². The number of nitrogens with zero attached hydrogens (tertiary/aromatic N) is 4. The molecule has 3 aromatic rings. The normalized spacial score (nSPS) is 15.2. The zero-order valence-electron chi connectivity index (χ0n) is 17.0.